The van der Waals surface area contributed by atoms with Crippen LogP contribution in [0, 0.1) is 12.8 Å². The normalized spacial score (nSPS) is 19.7. The molecule has 1 aromatic carbocycles. The van der Waals surface area contributed by atoms with Gasteiger partial charge in [0.25, 0.3) is 0 Å². The number of carbonyl (C=O) groups excluding carboxylic acids is 1. The van der Waals surface area contributed by atoms with Crippen LogP contribution in [0.5, 0.6) is 0 Å². The summed E-state index contributed by atoms with van der Waals surface area (Å²) in [5.74, 6) is -1.68. The minimum atomic E-state index is -0.922. The number of hydrogen-bond donors (Lipinski definition) is 2. The monoisotopic (exact) mass is 234 g/mol. The first kappa shape index (κ1) is 11.4. The fourth-order valence-electron chi connectivity index (χ4n) is 2.09. The van der Waals surface area contributed by atoms with Gasteiger partial charge in [0, 0.05) is 24.3 Å². The molecule has 5 heteroatoms. The molecule has 0 spiro atoms. The predicted molar refractivity (Wildman–Crippen MR) is 63.7 cm³/mol. The van der Waals surface area contributed by atoms with Gasteiger partial charge in [-0.15, -0.1) is 0 Å². The Hall–Kier alpha value is -2.04. The van der Waals surface area contributed by atoms with Gasteiger partial charge in [-0.2, -0.15) is 0 Å². The summed E-state index contributed by atoms with van der Waals surface area (Å²) < 4.78 is 0. The van der Waals surface area contributed by atoms with E-state index in [1.54, 1.807) is 18.2 Å². The zero-order chi connectivity index (χ0) is 12.6. The maximum atomic E-state index is 11.8. The fraction of sp³-hybridized carbons (Fsp3) is 0.333. The van der Waals surface area contributed by atoms with Crippen LogP contribution in [0.4, 0.5) is 11.4 Å². The first-order chi connectivity index (χ1) is 7.99. The third-order valence-electron chi connectivity index (χ3n) is 2.99. The summed E-state index contributed by atoms with van der Waals surface area (Å²) in [6.07, 6.45) is 0.0686. The Kier molecular flexibility index (Phi) is 2.75. The maximum Gasteiger partial charge on any atom is 0.308 e. The van der Waals surface area contributed by atoms with Gasteiger partial charge >= 0.3 is 5.97 Å². The zero-order valence-corrected chi connectivity index (χ0v) is 9.51. The van der Waals surface area contributed by atoms with Gasteiger partial charge in [0.1, 0.15) is 0 Å². The van der Waals surface area contributed by atoms with Gasteiger partial charge in [-0.25, -0.2) is 0 Å². The third kappa shape index (κ3) is 2.08. The number of anilines is 2. The van der Waals surface area contributed by atoms with Crippen molar-refractivity contribution in [3.05, 3.63) is 23.8 Å². The Morgan fingerprint density at radius 3 is 2.76 bits per heavy atom. The van der Waals surface area contributed by atoms with Crippen LogP contribution in [-0.4, -0.2) is 23.5 Å². The zero-order valence-electron chi connectivity index (χ0n) is 9.51. The largest absolute Gasteiger partial charge is 0.481 e. The highest BCUT2D eigenvalue weighted by Gasteiger charge is 2.35. The van der Waals surface area contributed by atoms with Gasteiger partial charge in [-0.3, -0.25) is 9.59 Å². The molecule has 3 N–H and O–H groups in total. The molecule has 1 unspecified atom stereocenters. The number of amides is 1. The lowest BCUT2D eigenvalue weighted by Gasteiger charge is -2.18. The quantitative estimate of drug-likeness (QED) is 0.748. The van der Waals surface area contributed by atoms with Crippen LogP contribution in [0.25, 0.3) is 0 Å². The summed E-state index contributed by atoms with van der Waals surface area (Å²) in [5.41, 5.74) is 7.89. The van der Waals surface area contributed by atoms with E-state index in [9.17, 15) is 9.59 Å². The molecule has 0 saturated carbocycles. The van der Waals surface area contributed by atoms with Crippen molar-refractivity contribution >= 4 is 23.3 Å². The van der Waals surface area contributed by atoms with Crippen LogP contribution in [0.1, 0.15) is 12.0 Å². The van der Waals surface area contributed by atoms with E-state index in [0.29, 0.717) is 5.69 Å². The average molecular weight is 234 g/mol. The number of nitrogens with two attached hydrogens (primary N) is 1. The molecule has 1 heterocycles. The van der Waals surface area contributed by atoms with Gasteiger partial charge < -0.3 is 15.7 Å². The third-order valence-corrected chi connectivity index (χ3v) is 2.99. The van der Waals surface area contributed by atoms with Crippen LogP contribution in [0.2, 0.25) is 0 Å². The molecule has 1 aliphatic rings. The molecule has 1 atom stereocenters. The molecule has 0 radical (unpaired) electrons. The van der Waals surface area contributed by atoms with Crippen LogP contribution >= 0.6 is 0 Å². The minimum Gasteiger partial charge on any atom is -0.481 e. The summed E-state index contributed by atoms with van der Waals surface area (Å²) in [4.78, 5) is 24.1. The molecule has 2 rings (SSSR count). The molecule has 1 fully saturated rings. The van der Waals surface area contributed by atoms with Gasteiger partial charge in [-0.1, -0.05) is 0 Å². The molecule has 17 heavy (non-hydrogen) atoms. The van der Waals surface area contributed by atoms with E-state index < -0.39 is 11.9 Å². The molecule has 1 saturated heterocycles. The molecule has 5 nitrogen and oxygen atoms in total. The molecule has 1 aliphatic heterocycles. The van der Waals surface area contributed by atoms with E-state index in [2.05, 4.69) is 0 Å². The Bertz CT molecular complexity index is 485. The van der Waals surface area contributed by atoms with Crippen molar-refractivity contribution < 1.29 is 14.7 Å². The molecular formula is C12H14N2O3. The molecular weight excluding hydrogens is 220 g/mol. The minimum absolute atomic E-state index is 0.0686. The summed E-state index contributed by atoms with van der Waals surface area (Å²) >= 11 is 0. The smallest absolute Gasteiger partial charge is 0.308 e. The summed E-state index contributed by atoms with van der Waals surface area (Å²) in [6, 6.07) is 5.24. The van der Waals surface area contributed by atoms with Gasteiger partial charge in [0.05, 0.1) is 5.92 Å². The van der Waals surface area contributed by atoms with E-state index in [4.69, 9.17) is 10.8 Å². The van der Waals surface area contributed by atoms with Crippen molar-refractivity contribution in [3.63, 3.8) is 0 Å². The predicted octanol–water partition coefficient (Wildman–Crippen LogP) is 1.01. The van der Waals surface area contributed by atoms with Crippen LogP contribution < -0.4 is 10.6 Å². The Morgan fingerprint density at radius 2 is 2.24 bits per heavy atom. The number of aliphatic carboxylic acids is 1. The summed E-state index contributed by atoms with van der Waals surface area (Å²) in [6.45, 7) is 2.09. The Morgan fingerprint density at radius 1 is 1.53 bits per heavy atom. The van der Waals surface area contributed by atoms with E-state index in [0.717, 1.165) is 11.3 Å². The molecule has 0 aromatic heterocycles. The highest BCUT2D eigenvalue weighted by molar-refractivity contribution is 5.99. The topological polar surface area (TPSA) is 83.6 Å². The van der Waals surface area contributed by atoms with Crippen molar-refractivity contribution in [1.82, 2.24) is 0 Å². The van der Waals surface area contributed by atoms with Crippen molar-refractivity contribution in [2.45, 2.75) is 13.3 Å². The van der Waals surface area contributed by atoms with Crippen molar-refractivity contribution in [3.8, 4) is 0 Å². The summed E-state index contributed by atoms with van der Waals surface area (Å²) in [7, 11) is 0. The highest BCUT2D eigenvalue weighted by Crippen LogP contribution is 2.29. The first-order valence-electron chi connectivity index (χ1n) is 5.38. The van der Waals surface area contributed by atoms with E-state index in [1.165, 1.54) is 4.90 Å². The van der Waals surface area contributed by atoms with Gasteiger partial charge in [-0.05, 0) is 30.7 Å². The summed E-state index contributed by atoms with van der Waals surface area (Å²) in [5, 5.41) is 8.91. The lowest BCUT2D eigenvalue weighted by molar-refractivity contribution is -0.141. The second-order valence-corrected chi connectivity index (χ2v) is 4.29. The Balaban J connectivity index is 2.29. The second kappa shape index (κ2) is 4.08. The average Bonchev–Trinajstić information content (AvgIpc) is 2.61. The van der Waals surface area contributed by atoms with Crippen LogP contribution in [0.3, 0.4) is 0 Å². The molecule has 1 aromatic rings. The number of hydrogen-bond acceptors (Lipinski definition) is 3. The van der Waals surface area contributed by atoms with E-state index >= 15 is 0 Å². The van der Waals surface area contributed by atoms with Crippen molar-refractivity contribution in [2.24, 2.45) is 5.92 Å². The molecule has 0 aliphatic carbocycles. The number of carbonyl (C=O) groups is 2. The second-order valence-electron chi connectivity index (χ2n) is 4.29. The number of carboxylic acid groups (broad SMARTS) is 1. The standard InChI is InChI=1S/C12H14N2O3/c1-7-4-9(13)2-3-10(7)14-6-8(12(16)17)5-11(14)15/h2-4,8H,5-6,13H2,1H3,(H,16,17). The first-order valence-corrected chi connectivity index (χ1v) is 5.38. The van der Waals surface area contributed by atoms with Crippen LogP contribution in [0.15, 0.2) is 18.2 Å². The fourth-order valence-corrected chi connectivity index (χ4v) is 2.09. The number of rotatable bonds is 2. The molecule has 0 bridgehead atoms. The molecule has 1 amide bonds. The van der Waals surface area contributed by atoms with Gasteiger partial charge in [0.2, 0.25) is 5.91 Å². The number of carboxylic acids is 1. The van der Waals surface area contributed by atoms with Gasteiger partial charge in [0.15, 0.2) is 0 Å². The van der Waals surface area contributed by atoms with E-state index in [1.807, 2.05) is 6.92 Å². The number of benzene rings is 1. The maximum absolute atomic E-state index is 11.8. The number of nitrogens with zero attached hydrogens (tertiary/aromatic N) is 1. The number of aryl methyl sites for hydroxylation is 1. The van der Waals surface area contributed by atoms with E-state index in [-0.39, 0.29) is 18.9 Å². The Labute approximate surface area is 98.8 Å². The lowest BCUT2D eigenvalue weighted by atomic mass is 10.1. The van der Waals surface area contributed by atoms with Crippen LogP contribution in [-0.2, 0) is 9.59 Å². The highest BCUT2D eigenvalue weighted by atomic mass is 16.4. The van der Waals surface area contributed by atoms with Crippen molar-refractivity contribution in [2.75, 3.05) is 17.2 Å². The molecule has 90 valence electrons. The number of nitrogen functional groups attached to an aromatic ring is 1. The SMILES string of the molecule is Cc1cc(N)ccc1N1CC(C(=O)O)CC1=O. The van der Waals surface area contributed by atoms with Crippen molar-refractivity contribution in [1.29, 1.82) is 0 Å². The lowest BCUT2D eigenvalue weighted by Crippen LogP contribution is -2.26.